The highest BCUT2D eigenvalue weighted by Crippen LogP contribution is 2.35. The van der Waals surface area contributed by atoms with Gasteiger partial charge in [-0.2, -0.15) is 0 Å². The molecule has 0 aliphatic carbocycles. The maximum atomic E-state index is 9.69. The van der Waals surface area contributed by atoms with E-state index >= 15 is 0 Å². The zero-order valence-electron chi connectivity index (χ0n) is 11.1. The Balaban J connectivity index is 2.24. The molecule has 3 atom stereocenters. The van der Waals surface area contributed by atoms with Crippen molar-refractivity contribution in [1.82, 2.24) is 4.98 Å². The minimum absolute atomic E-state index is 0.404. The van der Waals surface area contributed by atoms with Gasteiger partial charge in [-0.15, -0.1) is 0 Å². The van der Waals surface area contributed by atoms with Crippen LogP contribution in [0, 0.1) is 12.8 Å². The summed E-state index contributed by atoms with van der Waals surface area (Å²) in [6.07, 6.45) is 2.15. The van der Waals surface area contributed by atoms with Gasteiger partial charge in [0.2, 0.25) is 0 Å². The molecule has 2 heterocycles. The molecule has 1 aliphatic rings. The SMILES string of the molecule is Cc1nc(N2CCCC(C)C2C)sc1C(C)O. The summed E-state index contributed by atoms with van der Waals surface area (Å²) in [5.74, 6) is 0.725. The van der Waals surface area contributed by atoms with Crippen LogP contribution in [0.1, 0.15) is 50.3 Å². The molecule has 4 heteroatoms. The van der Waals surface area contributed by atoms with Crippen molar-refractivity contribution in [3.63, 3.8) is 0 Å². The van der Waals surface area contributed by atoms with Crippen LogP contribution in [-0.2, 0) is 0 Å². The van der Waals surface area contributed by atoms with Gasteiger partial charge in [0, 0.05) is 12.6 Å². The van der Waals surface area contributed by atoms with Crippen molar-refractivity contribution in [1.29, 1.82) is 0 Å². The molecule has 1 aromatic rings. The smallest absolute Gasteiger partial charge is 0.186 e. The van der Waals surface area contributed by atoms with Gasteiger partial charge in [-0.25, -0.2) is 4.98 Å². The first-order valence-electron chi connectivity index (χ1n) is 6.42. The number of aryl methyl sites for hydroxylation is 1. The number of thiazole rings is 1. The lowest BCUT2D eigenvalue weighted by molar-refractivity contribution is 0.202. The zero-order valence-corrected chi connectivity index (χ0v) is 11.9. The number of anilines is 1. The van der Waals surface area contributed by atoms with Crippen LogP contribution in [0.4, 0.5) is 5.13 Å². The summed E-state index contributed by atoms with van der Waals surface area (Å²) in [6.45, 7) is 9.49. The van der Waals surface area contributed by atoms with E-state index in [0.29, 0.717) is 6.04 Å². The average Bonchev–Trinajstić information content (AvgIpc) is 2.64. The van der Waals surface area contributed by atoms with Crippen molar-refractivity contribution in [3.05, 3.63) is 10.6 Å². The maximum absolute atomic E-state index is 9.69. The highest BCUT2D eigenvalue weighted by atomic mass is 32.1. The van der Waals surface area contributed by atoms with E-state index in [2.05, 4.69) is 23.7 Å². The molecule has 96 valence electrons. The highest BCUT2D eigenvalue weighted by molar-refractivity contribution is 7.15. The monoisotopic (exact) mass is 254 g/mol. The zero-order chi connectivity index (χ0) is 12.6. The van der Waals surface area contributed by atoms with Crippen molar-refractivity contribution >= 4 is 16.5 Å². The van der Waals surface area contributed by atoms with Crippen LogP contribution in [0.15, 0.2) is 0 Å². The third-order valence-corrected chi connectivity index (χ3v) is 5.18. The Labute approximate surface area is 107 Å². The van der Waals surface area contributed by atoms with Crippen molar-refractivity contribution in [3.8, 4) is 0 Å². The summed E-state index contributed by atoms with van der Waals surface area (Å²) in [7, 11) is 0. The Morgan fingerprint density at radius 3 is 2.76 bits per heavy atom. The summed E-state index contributed by atoms with van der Waals surface area (Å²) in [5.41, 5.74) is 0.977. The molecule has 3 nitrogen and oxygen atoms in total. The van der Waals surface area contributed by atoms with Crippen molar-refractivity contribution in [2.45, 2.75) is 52.7 Å². The second-order valence-electron chi connectivity index (χ2n) is 5.18. The molecule has 2 rings (SSSR count). The first-order chi connectivity index (χ1) is 8.00. The van der Waals surface area contributed by atoms with E-state index < -0.39 is 6.10 Å². The summed E-state index contributed by atoms with van der Waals surface area (Å²) < 4.78 is 0. The molecule has 0 aromatic carbocycles. The molecule has 0 radical (unpaired) electrons. The van der Waals surface area contributed by atoms with Gasteiger partial charge >= 0.3 is 0 Å². The minimum atomic E-state index is -0.404. The lowest BCUT2D eigenvalue weighted by Crippen LogP contribution is -2.42. The molecule has 1 N–H and O–H groups in total. The molecule has 0 saturated carbocycles. The number of nitrogens with zero attached hydrogens (tertiary/aromatic N) is 2. The predicted molar refractivity (Wildman–Crippen MR) is 72.7 cm³/mol. The average molecular weight is 254 g/mol. The molecule has 1 aromatic heterocycles. The molecule has 0 bridgehead atoms. The van der Waals surface area contributed by atoms with Gasteiger partial charge in [-0.1, -0.05) is 18.3 Å². The number of aliphatic hydroxyl groups is 1. The molecular weight excluding hydrogens is 232 g/mol. The van der Waals surface area contributed by atoms with E-state index in [1.54, 1.807) is 11.3 Å². The Bertz CT molecular complexity index is 389. The number of rotatable bonds is 2. The van der Waals surface area contributed by atoms with E-state index in [1.165, 1.54) is 12.8 Å². The Hall–Kier alpha value is -0.610. The molecule has 0 spiro atoms. The van der Waals surface area contributed by atoms with E-state index in [0.717, 1.165) is 28.2 Å². The Kier molecular flexibility index (Phi) is 3.73. The number of hydrogen-bond donors (Lipinski definition) is 1. The first kappa shape index (κ1) is 12.8. The van der Waals surface area contributed by atoms with Crippen LogP contribution in [0.5, 0.6) is 0 Å². The highest BCUT2D eigenvalue weighted by Gasteiger charge is 2.27. The summed E-state index contributed by atoms with van der Waals surface area (Å²) in [6, 6.07) is 0.552. The largest absolute Gasteiger partial charge is 0.388 e. The second-order valence-corrected chi connectivity index (χ2v) is 6.18. The van der Waals surface area contributed by atoms with Gasteiger partial charge in [-0.05, 0) is 39.5 Å². The van der Waals surface area contributed by atoms with Crippen molar-refractivity contribution in [2.24, 2.45) is 5.92 Å². The first-order valence-corrected chi connectivity index (χ1v) is 7.24. The number of aromatic nitrogens is 1. The molecule has 1 fully saturated rings. The quantitative estimate of drug-likeness (QED) is 0.881. The van der Waals surface area contributed by atoms with E-state index in [4.69, 9.17) is 0 Å². The van der Waals surface area contributed by atoms with Crippen LogP contribution in [0.3, 0.4) is 0 Å². The fourth-order valence-electron chi connectivity index (χ4n) is 2.51. The maximum Gasteiger partial charge on any atom is 0.186 e. The predicted octanol–water partition coefficient (Wildman–Crippen LogP) is 3.13. The molecule has 3 unspecified atom stereocenters. The van der Waals surface area contributed by atoms with E-state index in [9.17, 15) is 5.11 Å². The Morgan fingerprint density at radius 2 is 2.18 bits per heavy atom. The lowest BCUT2D eigenvalue weighted by Gasteiger charge is -2.37. The van der Waals surface area contributed by atoms with Gasteiger partial charge < -0.3 is 10.0 Å². The summed E-state index contributed by atoms with van der Waals surface area (Å²) >= 11 is 1.64. The van der Waals surface area contributed by atoms with Gasteiger partial charge in [0.1, 0.15) is 0 Å². The molecule has 1 aliphatic heterocycles. The third-order valence-electron chi connectivity index (χ3n) is 3.82. The van der Waals surface area contributed by atoms with Crippen molar-refractivity contribution < 1.29 is 5.11 Å². The van der Waals surface area contributed by atoms with Crippen LogP contribution < -0.4 is 4.90 Å². The molecule has 1 saturated heterocycles. The number of aliphatic hydroxyl groups excluding tert-OH is 1. The normalized spacial score (nSPS) is 27.2. The summed E-state index contributed by atoms with van der Waals surface area (Å²) in [5, 5.41) is 10.8. The van der Waals surface area contributed by atoms with Gasteiger partial charge in [0.15, 0.2) is 5.13 Å². The lowest BCUT2D eigenvalue weighted by atomic mass is 9.93. The van der Waals surface area contributed by atoms with Crippen LogP contribution in [0.2, 0.25) is 0 Å². The van der Waals surface area contributed by atoms with Crippen molar-refractivity contribution in [2.75, 3.05) is 11.4 Å². The second kappa shape index (κ2) is 4.94. The van der Waals surface area contributed by atoms with E-state index in [-0.39, 0.29) is 0 Å². The molecule has 17 heavy (non-hydrogen) atoms. The topological polar surface area (TPSA) is 36.4 Å². The number of piperidine rings is 1. The standard InChI is InChI=1S/C13H22N2OS/c1-8-6-5-7-15(10(8)3)13-14-9(2)12(17-13)11(4)16/h8,10-11,16H,5-7H2,1-4H3. The fourth-order valence-corrected chi connectivity index (χ4v) is 3.63. The number of hydrogen-bond acceptors (Lipinski definition) is 4. The third kappa shape index (κ3) is 2.47. The van der Waals surface area contributed by atoms with Crippen LogP contribution in [0.25, 0.3) is 0 Å². The van der Waals surface area contributed by atoms with Gasteiger partial charge in [0.05, 0.1) is 16.7 Å². The fraction of sp³-hybridized carbons (Fsp3) is 0.769. The van der Waals surface area contributed by atoms with Crippen LogP contribution >= 0.6 is 11.3 Å². The van der Waals surface area contributed by atoms with Gasteiger partial charge in [-0.3, -0.25) is 0 Å². The summed E-state index contributed by atoms with van der Waals surface area (Å²) in [4.78, 5) is 8.03. The molecule has 0 amide bonds. The minimum Gasteiger partial charge on any atom is -0.388 e. The van der Waals surface area contributed by atoms with E-state index in [1.807, 2.05) is 13.8 Å². The van der Waals surface area contributed by atoms with Crippen LogP contribution in [-0.4, -0.2) is 22.7 Å². The Morgan fingerprint density at radius 1 is 1.47 bits per heavy atom. The molecular formula is C13H22N2OS. The van der Waals surface area contributed by atoms with Gasteiger partial charge in [0.25, 0.3) is 0 Å².